The highest BCUT2D eigenvalue weighted by Gasteiger charge is 2.46. The van der Waals surface area contributed by atoms with Crippen molar-refractivity contribution in [2.24, 2.45) is 5.92 Å². The van der Waals surface area contributed by atoms with Crippen LogP contribution in [0.3, 0.4) is 0 Å². The van der Waals surface area contributed by atoms with E-state index in [9.17, 15) is 19.5 Å². The quantitative estimate of drug-likeness (QED) is 0.157. The van der Waals surface area contributed by atoms with Crippen LogP contribution in [0.15, 0.2) is 84.9 Å². The third kappa shape index (κ3) is 7.06. The van der Waals surface area contributed by atoms with E-state index < -0.39 is 23.0 Å². The Morgan fingerprint density at radius 3 is 1.72 bits per heavy atom. The molecule has 1 heterocycles. The summed E-state index contributed by atoms with van der Waals surface area (Å²) >= 11 is 0. The fraction of sp³-hybridized carbons (Fsp3) is 0.417. The van der Waals surface area contributed by atoms with Crippen LogP contribution in [0.1, 0.15) is 73.5 Å². The Morgan fingerprint density at radius 2 is 1.26 bits per heavy atom. The summed E-state index contributed by atoms with van der Waals surface area (Å²) in [7, 11) is 0. The highest BCUT2D eigenvalue weighted by Crippen LogP contribution is 2.42. The van der Waals surface area contributed by atoms with Crippen LogP contribution < -0.4 is 0 Å². The van der Waals surface area contributed by atoms with Crippen LogP contribution >= 0.6 is 0 Å². The van der Waals surface area contributed by atoms with Crippen LogP contribution in [0.4, 0.5) is 0 Å². The number of carbonyl (C=O) groups excluding carboxylic acids is 3. The summed E-state index contributed by atoms with van der Waals surface area (Å²) in [5, 5.41) is 12.1. The zero-order chi connectivity index (χ0) is 30.9. The first-order chi connectivity index (χ1) is 20.7. The van der Waals surface area contributed by atoms with Gasteiger partial charge in [-0.25, -0.2) is 0 Å². The van der Waals surface area contributed by atoms with E-state index in [2.05, 4.69) is 4.90 Å². The molecule has 0 aliphatic carbocycles. The molecule has 4 rings (SSSR count). The van der Waals surface area contributed by atoms with Crippen molar-refractivity contribution in [1.82, 2.24) is 4.90 Å². The van der Waals surface area contributed by atoms with Gasteiger partial charge in [0.1, 0.15) is 5.60 Å². The number of rotatable bonds is 13. The summed E-state index contributed by atoms with van der Waals surface area (Å²) in [4.78, 5) is 40.8. The summed E-state index contributed by atoms with van der Waals surface area (Å²) in [5.41, 5.74) is 0.144. The number of carbonyl (C=O) groups is 3. The molecule has 0 atom stereocenters. The zero-order valence-corrected chi connectivity index (χ0v) is 25.5. The minimum atomic E-state index is -1.60. The zero-order valence-electron chi connectivity index (χ0n) is 25.5. The summed E-state index contributed by atoms with van der Waals surface area (Å²) in [5.74, 6) is -1.26. The maximum absolute atomic E-state index is 13.0. The molecule has 228 valence electrons. The average molecular weight is 586 g/mol. The molecule has 1 aliphatic heterocycles. The summed E-state index contributed by atoms with van der Waals surface area (Å²) in [6.07, 6.45) is 2.82. The molecule has 3 aromatic carbocycles. The maximum Gasteiger partial charge on any atom is 0.327 e. The van der Waals surface area contributed by atoms with Gasteiger partial charge in [0.05, 0.1) is 13.2 Å². The van der Waals surface area contributed by atoms with Crippen LogP contribution in [0, 0.1) is 5.92 Å². The van der Waals surface area contributed by atoms with Crippen molar-refractivity contribution >= 4 is 17.7 Å². The van der Waals surface area contributed by atoms with Gasteiger partial charge >= 0.3 is 11.9 Å². The number of ether oxygens (including phenoxy) is 2. The number of Topliss-reactive ketones (excluding diaryl/α,β-unsaturated/α-hetero) is 1. The number of likely N-dealkylation sites (tertiary alicyclic amines) is 1. The summed E-state index contributed by atoms with van der Waals surface area (Å²) in [6, 6.07) is 26.4. The standard InChI is InChI=1S/C36H43NO6/c1-4-42-33(39)35(3,34(40)43-5-2)28-20-18-27(19-21-28)32(38)17-12-24-37-25-22-31(23-26-37)36(41,29-13-8-6-9-14-29)30-15-10-7-11-16-30/h6-11,13-16,18-21,31,41H,4-5,12,17,22-26H2,1-3H3. The fourth-order valence-electron chi connectivity index (χ4n) is 6.06. The van der Waals surface area contributed by atoms with Crippen molar-refractivity contribution in [3.05, 3.63) is 107 Å². The third-order valence-electron chi connectivity index (χ3n) is 8.64. The second-order valence-corrected chi connectivity index (χ2v) is 11.3. The lowest BCUT2D eigenvalue weighted by Crippen LogP contribution is -2.44. The molecule has 7 nitrogen and oxygen atoms in total. The van der Waals surface area contributed by atoms with Gasteiger partial charge in [-0.2, -0.15) is 0 Å². The van der Waals surface area contributed by atoms with Gasteiger partial charge in [0.2, 0.25) is 0 Å². The summed E-state index contributed by atoms with van der Waals surface area (Å²) < 4.78 is 10.3. The lowest BCUT2D eigenvalue weighted by atomic mass is 9.72. The number of piperidine rings is 1. The van der Waals surface area contributed by atoms with E-state index in [1.54, 1.807) is 38.1 Å². The smallest absolute Gasteiger partial charge is 0.327 e. The van der Waals surface area contributed by atoms with Crippen molar-refractivity contribution in [2.75, 3.05) is 32.8 Å². The molecule has 1 saturated heterocycles. The number of esters is 2. The molecule has 1 N–H and O–H groups in total. The molecule has 3 aromatic rings. The van der Waals surface area contributed by atoms with E-state index in [-0.39, 0.29) is 24.9 Å². The third-order valence-corrected chi connectivity index (χ3v) is 8.64. The van der Waals surface area contributed by atoms with Gasteiger partial charge in [0.15, 0.2) is 11.2 Å². The number of aliphatic hydroxyl groups is 1. The van der Waals surface area contributed by atoms with E-state index in [1.165, 1.54) is 6.92 Å². The van der Waals surface area contributed by atoms with Gasteiger partial charge in [-0.15, -0.1) is 0 Å². The maximum atomic E-state index is 13.0. The highest BCUT2D eigenvalue weighted by atomic mass is 16.6. The first kappa shape index (κ1) is 32.1. The van der Waals surface area contributed by atoms with Crippen molar-refractivity contribution in [2.45, 2.75) is 57.5 Å². The molecule has 0 aromatic heterocycles. The van der Waals surface area contributed by atoms with Crippen LogP contribution in [0.25, 0.3) is 0 Å². The molecular formula is C36H43NO6. The van der Waals surface area contributed by atoms with Gasteiger partial charge in [-0.05, 0) is 82.3 Å². The lowest BCUT2D eigenvalue weighted by Gasteiger charge is -2.42. The van der Waals surface area contributed by atoms with Crippen LogP contribution in [0.2, 0.25) is 0 Å². The molecule has 7 heteroatoms. The van der Waals surface area contributed by atoms with E-state index in [0.29, 0.717) is 17.5 Å². The molecule has 0 bridgehead atoms. The first-order valence-electron chi connectivity index (χ1n) is 15.3. The van der Waals surface area contributed by atoms with Crippen LogP contribution in [-0.2, 0) is 30.1 Å². The molecule has 0 radical (unpaired) electrons. The van der Waals surface area contributed by atoms with Crippen molar-refractivity contribution in [1.29, 1.82) is 0 Å². The van der Waals surface area contributed by atoms with E-state index in [1.807, 2.05) is 60.7 Å². The highest BCUT2D eigenvalue weighted by molar-refractivity contribution is 6.06. The molecule has 43 heavy (non-hydrogen) atoms. The van der Waals surface area contributed by atoms with E-state index in [0.717, 1.165) is 50.0 Å². The number of nitrogens with zero attached hydrogens (tertiary/aromatic N) is 1. The Hall–Kier alpha value is -3.81. The molecule has 1 aliphatic rings. The minimum Gasteiger partial charge on any atom is -0.465 e. The Morgan fingerprint density at radius 1 is 0.767 bits per heavy atom. The van der Waals surface area contributed by atoms with Crippen molar-refractivity contribution in [3.8, 4) is 0 Å². The Kier molecular flexibility index (Phi) is 10.9. The van der Waals surface area contributed by atoms with Gasteiger partial charge in [-0.1, -0.05) is 84.9 Å². The predicted molar refractivity (Wildman–Crippen MR) is 166 cm³/mol. The van der Waals surface area contributed by atoms with Gasteiger partial charge in [0, 0.05) is 12.0 Å². The second-order valence-electron chi connectivity index (χ2n) is 11.3. The molecule has 1 fully saturated rings. The number of ketones is 1. The monoisotopic (exact) mass is 585 g/mol. The lowest BCUT2D eigenvalue weighted by molar-refractivity contribution is -0.163. The van der Waals surface area contributed by atoms with Gasteiger partial charge < -0.3 is 19.5 Å². The molecule has 0 spiro atoms. The average Bonchev–Trinajstić information content (AvgIpc) is 3.05. The molecule has 0 amide bonds. The van der Waals surface area contributed by atoms with Crippen molar-refractivity contribution in [3.63, 3.8) is 0 Å². The Labute approximate surface area is 254 Å². The van der Waals surface area contributed by atoms with Crippen LogP contribution in [0.5, 0.6) is 0 Å². The number of hydrogen-bond acceptors (Lipinski definition) is 7. The summed E-state index contributed by atoms with van der Waals surface area (Å²) in [6.45, 7) is 7.65. The molecule has 0 saturated carbocycles. The molecule has 0 unspecified atom stereocenters. The largest absolute Gasteiger partial charge is 0.465 e. The van der Waals surface area contributed by atoms with E-state index in [4.69, 9.17) is 9.47 Å². The fourth-order valence-corrected chi connectivity index (χ4v) is 6.06. The van der Waals surface area contributed by atoms with Crippen LogP contribution in [-0.4, -0.2) is 60.6 Å². The van der Waals surface area contributed by atoms with Crippen molar-refractivity contribution < 1.29 is 29.0 Å². The van der Waals surface area contributed by atoms with Gasteiger partial charge in [0.25, 0.3) is 0 Å². The predicted octanol–water partition coefficient (Wildman–Crippen LogP) is 5.68. The van der Waals surface area contributed by atoms with E-state index >= 15 is 0 Å². The SMILES string of the molecule is CCOC(=O)C(C)(C(=O)OCC)c1ccc(C(=O)CCCN2CCC(C(O)(c3ccccc3)c3ccccc3)CC2)cc1. The topological polar surface area (TPSA) is 93.1 Å². The first-order valence-corrected chi connectivity index (χ1v) is 15.3. The number of hydrogen-bond donors (Lipinski definition) is 1. The normalized spacial score (nSPS) is 14.7. The minimum absolute atomic E-state index is 0.0120. The Bertz CT molecular complexity index is 1290. The number of benzene rings is 3. The Balaban J connectivity index is 1.33. The molecular weight excluding hydrogens is 542 g/mol. The van der Waals surface area contributed by atoms with Gasteiger partial charge in [-0.3, -0.25) is 14.4 Å². The second kappa shape index (κ2) is 14.6.